The van der Waals surface area contributed by atoms with Crippen molar-refractivity contribution in [2.75, 3.05) is 40.6 Å². The molecular formula is C37H44N2O6+2. The summed E-state index contributed by atoms with van der Waals surface area (Å²) in [4.78, 5) is 0. The molecule has 8 nitrogen and oxygen atoms in total. The molecule has 0 radical (unpaired) electrons. The van der Waals surface area contributed by atoms with Crippen LogP contribution in [0.25, 0.3) is 24.3 Å². The number of hydrogen-bond donors (Lipinski definition) is 2. The number of unbranched alkanes of at least 4 members (excludes halogenated alkanes) is 2. The van der Waals surface area contributed by atoms with Crippen LogP contribution in [0.5, 0.6) is 23.0 Å². The molecule has 2 heterocycles. The largest absolute Gasteiger partial charge is 0.493 e. The molecule has 0 amide bonds. The first-order valence-corrected chi connectivity index (χ1v) is 15.3. The topological polar surface area (TPSA) is 85.1 Å². The van der Waals surface area contributed by atoms with Crippen LogP contribution < -0.4 is 28.1 Å². The summed E-state index contributed by atoms with van der Waals surface area (Å²) in [5.74, 6) is 2.86. The van der Waals surface area contributed by atoms with Crippen LogP contribution in [-0.2, 0) is 13.1 Å². The summed E-state index contributed by atoms with van der Waals surface area (Å²) in [5, 5.41) is 18.1. The average molecular weight is 613 g/mol. The van der Waals surface area contributed by atoms with Gasteiger partial charge in [0.2, 0.25) is 0 Å². The van der Waals surface area contributed by atoms with E-state index in [4.69, 9.17) is 29.2 Å². The van der Waals surface area contributed by atoms with Crippen LogP contribution in [0.15, 0.2) is 85.5 Å². The Morgan fingerprint density at radius 1 is 0.511 bits per heavy atom. The van der Waals surface area contributed by atoms with Gasteiger partial charge in [-0.15, -0.1) is 0 Å². The molecule has 2 N–H and O–H groups in total. The van der Waals surface area contributed by atoms with Gasteiger partial charge in [0.05, 0.1) is 27.4 Å². The Balaban J connectivity index is 1.18. The molecule has 0 aliphatic heterocycles. The maximum absolute atomic E-state index is 9.06. The van der Waals surface area contributed by atoms with Gasteiger partial charge in [0.1, 0.15) is 13.2 Å². The molecule has 4 aromatic rings. The highest BCUT2D eigenvalue weighted by atomic mass is 16.5. The van der Waals surface area contributed by atoms with Gasteiger partial charge in [-0.25, -0.2) is 9.13 Å². The third kappa shape index (κ3) is 10.8. The van der Waals surface area contributed by atoms with E-state index in [1.54, 1.807) is 14.2 Å². The molecule has 236 valence electrons. The van der Waals surface area contributed by atoms with Crippen LogP contribution in [0.4, 0.5) is 0 Å². The highest BCUT2D eigenvalue weighted by Gasteiger charge is 2.07. The molecule has 0 aliphatic carbocycles. The van der Waals surface area contributed by atoms with Crippen LogP contribution in [0.1, 0.15) is 41.5 Å². The number of nitrogens with zero attached hydrogens (tertiary/aromatic N) is 2. The first-order valence-electron chi connectivity index (χ1n) is 15.3. The van der Waals surface area contributed by atoms with Crippen molar-refractivity contribution < 1.29 is 38.3 Å². The molecule has 0 saturated carbocycles. The number of benzene rings is 2. The van der Waals surface area contributed by atoms with E-state index in [0.717, 1.165) is 53.0 Å². The summed E-state index contributed by atoms with van der Waals surface area (Å²) in [7, 11) is 3.30. The van der Waals surface area contributed by atoms with E-state index >= 15 is 0 Å². The standard InChI is InChI=1S/C37H44N2O6/c1-42-36-28-32(8-6-30-14-18-38(19-15-30)22-24-40)10-12-34(36)44-26-4-3-5-27-45-35-13-11-33(29-37(35)43-2)9-7-31-16-20-39(21-17-31)23-25-41/h6-21,28-29,40-41H,3-5,22-27H2,1-2H3/q+2/b8-6+,9-7+. The van der Waals surface area contributed by atoms with Gasteiger partial charge in [0.15, 0.2) is 60.9 Å². The van der Waals surface area contributed by atoms with Gasteiger partial charge in [-0.3, -0.25) is 0 Å². The summed E-state index contributed by atoms with van der Waals surface area (Å²) >= 11 is 0. The third-order valence-electron chi connectivity index (χ3n) is 7.17. The summed E-state index contributed by atoms with van der Waals surface area (Å²) in [6.45, 7) is 2.61. The Morgan fingerprint density at radius 2 is 0.911 bits per heavy atom. The van der Waals surface area contributed by atoms with Crippen LogP contribution >= 0.6 is 0 Å². The first-order chi connectivity index (χ1) is 22.1. The van der Waals surface area contributed by atoms with Crippen molar-refractivity contribution in [3.63, 3.8) is 0 Å². The molecule has 0 bridgehead atoms. The highest BCUT2D eigenvalue weighted by Crippen LogP contribution is 2.30. The fourth-order valence-corrected chi connectivity index (χ4v) is 4.63. The fraction of sp³-hybridized carbons (Fsp3) is 0.297. The maximum atomic E-state index is 9.06. The van der Waals surface area contributed by atoms with Gasteiger partial charge >= 0.3 is 0 Å². The smallest absolute Gasteiger partial charge is 0.171 e. The maximum Gasteiger partial charge on any atom is 0.171 e. The lowest BCUT2D eigenvalue weighted by atomic mass is 10.1. The molecule has 2 aromatic carbocycles. The highest BCUT2D eigenvalue weighted by molar-refractivity contribution is 5.71. The van der Waals surface area contributed by atoms with E-state index in [-0.39, 0.29) is 13.2 Å². The van der Waals surface area contributed by atoms with Crippen LogP contribution in [0.3, 0.4) is 0 Å². The minimum absolute atomic E-state index is 0.122. The zero-order chi connectivity index (χ0) is 31.7. The van der Waals surface area contributed by atoms with E-state index in [2.05, 4.69) is 0 Å². The van der Waals surface area contributed by atoms with Gasteiger partial charge < -0.3 is 29.2 Å². The van der Waals surface area contributed by atoms with Crippen LogP contribution in [0, 0.1) is 0 Å². The Bertz CT molecular complexity index is 1400. The molecule has 0 atom stereocenters. The quantitative estimate of drug-likeness (QED) is 0.118. The molecule has 0 saturated heterocycles. The molecule has 2 aromatic heterocycles. The minimum atomic E-state index is 0.122. The SMILES string of the molecule is COc1cc(/C=C/c2cc[n+](CCO)cc2)ccc1OCCCCCOc1ccc(/C=C/c2cc[n+](CCO)cc2)cc1OC. The molecule has 0 spiro atoms. The summed E-state index contributed by atoms with van der Waals surface area (Å²) in [6, 6.07) is 19.9. The van der Waals surface area contributed by atoms with E-state index < -0.39 is 0 Å². The van der Waals surface area contributed by atoms with Crippen LogP contribution in [-0.4, -0.2) is 50.9 Å². The molecule has 0 fully saturated rings. The summed E-state index contributed by atoms with van der Waals surface area (Å²) in [6.07, 6.45) is 18.8. The van der Waals surface area contributed by atoms with Crippen molar-refractivity contribution in [2.45, 2.75) is 32.4 Å². The van der Waals surface area contributed by atoms with Crippen molar-refractivity contribution in [3.8, 4) is 23.0 Å². The normalized spacial score (nSPS) is 11.3. The molecule has 4 rings (SSSR count). The van der Waals surface area contributed by atoms with Crippen molar-refractivity contribution in [2.24, 2.45) is 0 Å². The second-order valence-electron chi connectivity index (χ2n) is 10.4. The monoisotopic (exact) mass is 612 g/mol. The fourth-order valence-electron chi connectivity index (χ4n) is 4.63. The lowest BCUT2D eigenvalue weighted by molar-refractivity contribution is -0.698. The number of ether oxygens (including phenoxy) is 4. The Labute approximate surface area is 266 Å². The van der Waals surface area contributed by atoms with Gasteiger partial charge in [0, 0.05) is 24.3 Å². The zero-order valence-corrected chi connectivity index (χ0v) is 26.2. The number of methoxy groups -OCH3 is 2. The van der Waals surface area contributed by atoms with Gasteiger partial charge in [-0.05, 0) is 65.8 Å². The second kappa shape index (κ2) is 18.2. The van der Waals surface area contributed by atoms with Crippen molar-refractivity contribution in [1.82, 2.24) is 0 Å². The van der Waals surface area contributed by atoms with Gasteiger partial charge in [-0.2, -0.15) is 0 Å². The lowest BCUT2D eigenvalue weighted by Crippen LogP contribution is -2.34. The molecule has 45 heavy (non-hydrogen) atoms. The molecule has 0 unspecified atom stereocenters. The number of aliphatic hydroxyl groups excluding tert-OH is 2. The van der Waals surface area contributed by atoms with Gasteiger partial charge in [-0.1, -0.05) is 36.4 Å². The number of rotatable bonds is 18. The third-order valence-corrected chi connectivity index (χ3v) is 7.17. The molecule has 0 aliphatic rings. The van der Waals surface area contributed by atoms with E-state index in [1.165, 1.54) is 0 Å². The van der Waals surface area contributed by atoms with Gasteiger partial charge in [0.25, 0.3) is 0 Å². The summed E-state index contributed by atoms with van der Waals surface area (Å²) in [5.41, 5.74) is 4.19. The first kappa shape index (κ1) is 33.2. The van der Waals surface area contributed by atoms with E-state index in [0.29, 0.717) is 37.8 Å². The van der Waals surface area contributed by atoms with E-state index in [9.17, 15) is 0 Å². The Kier molecular flexibility index (Phi) is 13.5. The number of hydrogen-bond acceptors (Lipinski definition) is 6. The predicted octanol–water partition coefficient (Wildman–Crippen LogP) is 5.23. The predicted molar refractivity (Wildman–Crippen MR) is 176 cm³/mol. The van der Waals surface area contributed by atoms with Crippen molar-refractivity contribution in [1.29, 1.82) is 0 Å². The Morgan fingerprint density at radius 3 is 1.29 bits per heavy atom. The lowest BCUT2D eigenvalue weighted by Gasteiger charge is -2.12. The zero-order valence-electron chi connectivity index (χ0n) is 26.2. The molecular weight excluding hydrogens is 568 g/mol. The van der Waals surface area contributed by atoms with Crippen LogP contribution in [0.2, 0.25) is 0 Å². The van der Waals surface area contributed by atoms with E-state index in [1.807, 2.05) is 119 Å². The number of pyridine rings is 2. The second-order valence-corrected chi connectivity index (χ2v) is 10.4. The molecule has 8 heteroatoms. The Hall–Kier alpha value is -4.66. The van der Waals surface area contributed by atoms with Crippen molar-refractivity contribution in [3.05, 3.63) is 108 Å². The number of aromatic nitrogens is 2. The number of aliphatic hydroxyl groups is 2. The average Bonchev–Trinajstić information content (AvgIpc) is 3.08. The minimum Gasteiger partial charge on any atom is -0.493 e. The summed E-state index contributed by atoms with van der Waals surface area (Å²) < 4.78 is 27.1. The van der Waals surface area contributed by atoms with Crippen molar-refractivity contribution >= 4 is 24.3 Å².